The van der Waals surface area contributed by atoms with E-state index in [2.05, 4.69) is 4.98 Å². The molecule has 0 aliphatic carbocycles. The highest BCUT2D eigenvalue weighted by atomic mass is 19.4. The van der Waals surface area contributed by atoms with Gasteiger partial charge in [0.05, 0.1) is 42.0 Å². The molecule has 168 valence electrons. The molecule has 0 spiro atoms. The van der Waals surface area contributed by atoms with E-state index in [4.69, 9.17) is 4.74 Å². The zero-order chi connectivity index (χ0) is 22.9. The summed E-state index contributed by atoms with van der Waals surface area (Å²) in [5.41, 5.74) is -0.0103. The zero-order valence-electron chi connectivity index (χ0n) is 17.4. The van der Waals surface area contributed by atoms with Gasteiger partial charge in [-0.15, -0.1) is 0 Å². The Morgan fingerprint density at radius 2 is 1.97 bits per heavy atom. The van der Waals surface area contributed by atoms with Gasteiger partial charge in [0.1, 0.15) is 6.10 Å². The van der Waals surface area contributed by atoms with Gasteiger partial charge in [0, 0.05) is 13.0 Å². The molecular weight excluding hydrogens is 423 g/mol. The van der Waals surface area contributed by atoms with Gasteiger partial charge in [-0.3, -0.25) is 14.2 Å². The van der Waals surface area contributed by atoms with E-state index in [1.807, 2.05) is 6.92 Å². The summed E-state index contributed by atoms with van der Waals surface area (Å²) in [5.74, 6) is -0.196. The Kier molecular flexibility index (Phi) is 6.01. The quantitative estimate of drug-likeness (QED) is 0.613. The maximum Gasteiger partial charge on any atom is 0.416 e. The van der Waals surface area contributed by atoms with Gasteiger partial charge >= 0.3 is 6.18 Å². The van der Waals surface area contributed by atoms with Crippen LogP contribution in [0.1, 0.15) is 30.6 Å². The number of nitrogens with zero attached hydrogens (tertiary/aromatic N) is 3. The molecule has 0 bridgehead atoms. The summed E-state index contributed by atoms with van der Waals surface area (Å²) in [4.78, 5) is 31.4. The second-order valence-electron chi connectivity index (χ2n) is 7.85. The summed E-state index contributed by atoms with van der Waals surface area (Å²) in [7, 11) is 0. The fraction of sp³-hybridized carbons (Fsp3) is 0.348. The van der Waals surface area contributed by atoms with Crippen LogP contribution in [-0.2, 0) is 22.3 Å². The molecule has 32 heavy (non-hydrogen) atoms. The number of halogens is 3. The second-order valence-corrected chi connectivity index (χ2v) is 7.85. The maximum atomic E-state index is 13.1. The second kappa shape index (κ2) is 8.74. The van der Waals surface area contributed by atoms with E-state index in [1.165, 1.54) is 17.0 Å². The van der Waals surface area contributed by atoms with Crippen LogP contribution in [0.2, 0.25) is 0 Å². The molecule has 3 aromatic rings. The lowest BCUT2D eigenvalue weighted by molar-refractivity contribution is -0.145. The summed E-state index contributed by atoms with van der Waals surface area (Å²) in [6.45, 7) is 2.34. The molecule has 1 aromatic heterocycles. The minimum Gasteiger partial charge on any atom is -0.370 e. The zero-order valence-corrected chi connectivity index (χ0v) is 17.4. The van der Waals surface area contributed by atoms with Crippen LogP contribution in [0.4, 0.5) is 13.2 Å². The molecule has 2 atom stereocenters. The van der Waals surface area contributed by atoms with Gasteiger partial charge in [0.15, 0.2) is 0 Å². The van der Waals surface area contributed by atoms with Crippen molar-refractivity contribution in [1.29, 1.82) is 0 Å². The molecule has 2 unspecified atom stereocenters. The summed E-state index contributed by atoms with van der Waals surface area (Å²) in [6, 6.07) is 11.7. The number of carbonyl (C=O) groups excluding carboxylic acids is 1. The SMILES string of the molecule is CC1COC(c2cccc(C(F)(F)F)c2)CN1C(=O)CCn1cnc2ccccc2c1=O. The lowest BCUT2D eigenvalue weighted by atomic mass is 10.0. The topological polar surface area (TPSA) is 64.4 Å². The van der Waals surface area contributed by atoms with E-state index < -0.39 is 17.8 Å². The third kappa shape index (κ3) is 4.52. The summed E-state index contributed by atoms with van der Waals surface area (Å²) < 4.78 is 46.3. The van der Waals surface area contributed by atoms with Gasteiger partial charge in [-0.1, -0.05) is 24.3 Å². The van der Waals surface area contributed by atoms with Gasteiger partial charge in [-0.05, 0) is 36.8 Å². The van der Waals surface area contributed by atoms with Gasteiger partial charge < -0.3 is 9.64 Å². The number of rotatable bonds is 4. The number of alkyl halides is 3. The van der Waals surface area contributed by atoms with Gasteiger partial charge in [-0.2, -0.15) is 13.2 Å². The third-order valence-electron chi connectivity index (χ3n) is 5.64. The Morgan fingerprint density at radius 3 is 2.75 bits per heavy atom. The monoisotopic (exact) mass is 445 g/mol. The molecule has 0 saturated carbocycles. The fourth-order valence-electron chi connectivity index (χ4n) is 3.85. The van der Waals surface area contributed by atoms with Gasteiger partial charge in [0.2, 0.25) is 5.91 Å². The lowest BCUT2D eigenvalue weighted by Crippen LogP contribution is -2.48. The van der Waals surface area contributed by atoms with Crippen molar-refractivity contribution in [2.24, 2.45) is 0 Å². The minimum atomic E-state index is -4.45. The van der Waals surface area contributed by atoms with E-state index in [0.29, 0.717) is 16.5 Å². The van der Waals surface area contributed by atoms with Crippen molar-refractivity contribution < 1.29 is 22.7 Å². The van der Waals surface area contributed by atoms with E-state index >= 15 is 0 Å². The largest absolute Gasteiger partial charge is 0.416 e. The van der Waals surface area contributed by atoms with Crippen molar-refractivity contribution in [3.63, 3.8) is 0 Å². The molecule has 4 rings (SSSR count). The number of ether oxygens (including phenoxy) is 1. The summed E-state index contributed by atoms with van der Waals surface area (Å²) in [6.07, 6.45) is -3.61. The Hall–Kier alpha value is -3.20. The van der Waals surface area contributed by atoms with Crippen molar-refractivity contribution in [2.45, 2.75) is 38.2 Å². The molecule has 0 radical (unpaired) electrons. The van der Waals surface area contributed by atoms with Crippen LogP contribution < -0.4 is 5.56 Å². The van der Waals surface area contributed by atoms with Gasteiger partial charge in [-0.25, -0.2) is 4.98 Å². The number of benzene rings is 2. The number of para-hydroxylation sites is 1. The van der Waals surface area contributed by atoms with Crippen molar-refractivity contribution in [3.8, 4) is 0 Å². The minimum absolute atomic E-state index is 0.0690. The first-order valence-corrected chi connectivity index (χ1v) is 10.3. The highest BCUT2D eigenvalue weighted by Gasteiger charge is 2.34. The van der Waals surface area contributed by atoms with Crippen molar-refractivity contribution in [2.75, 3.05) is 13.2 Å². The van der Waals surface area contributed by atoms with Crippen LogP contribution in [0, 0.1) is 0 Å². The van der Waals surface area contributed by atoms with E-state index in [9.17, 15) is 22.8 Å². The van der Waals surface area contributed by atoms with Gasteiger partial charge in [0.25, 0.3) is 5.56 Å². The van der Waals surface area contributed by atoms with Crippen molar-refractivity contribution in [1.82, 2.24) is 14.5 Å². The van der Waals surface area contributed by atoms with Crippen LogP contribution in [0.15, 0.2) is 59.7 Å². The number of carbonyl (C=O) groups is 1. The predicted molar refractivity (Wildman–Crippen MR) is 112 cm³/mol. The molecular formula is C23H22F3N3O3. The average molecular weight is 445 g/mol. The van der Waals surface area contributed by atoms with Crippen molar-refractivity contribution >= 4 is 16.8 Å². The smallest absolute Gasteiger partial charge is 0.370 e. The average Bonchev–Trinajstić information content (AvgIpc) is 2.78. The Balaban J connectivity index is 1.46. The highest BCUT2D eigenvalue weighted by Crippen LogP contribution is 2.33. The normalized spacial score (nSPS) is 19.3. The fourth-order valence-corrected chi connectivity index (χ4v) is 3.85. The molecule has 2 heterocycles. The molecule has 0 N–H and O–H groups in total. The van der Waals surface area contributed by atoms with Crippen LogP contribution in [-0.4, -0.2) is 39.6 Å². The molecule has 1 aliphatic rings. The standard InChI is InChI=1S/C23H22F3N3O3/c1-15-13-32-20(16-5-4-6-17(11-16)23(24,25)26)12-29(15)21(30)9-10-28-14-27-19-8-3-2-7-18(19)22(28)31/h2-8,11,14-15,20H,9-10,12-13H2,1H3. The number of fused-ring (bicyclic) bond motifs is 1. The molecule has 1 fully saturated rings. The Bertz CT molecular complexity index is 1190. The first kappa shape index (κ1) is 22.0. The molecule has 1 saturated heterocycles. The molecule has 1 amide bonds. The van der Waals surface area contributed by atoms with E-state index in [1.54, 1.807) is 35.2 Å². The lowest BCUT2D eigenvalue weighted by Gasteiger charge is -2.38. The number of aromatic nitrogens is 2. The molecule has 1 aliphatic heterocycles. The van der Waals surface area contributed by atoms with Crippen molar-refractivity contribution in [3.05, 3.63) is 76.3 Å². The summed E-state index contributed by atoms with van der Waals surface area (Å²) in [5, 5.41) is 0.479. The molecule has 2 aromatic carbocycles. The van der Waals surface area contributed by atoms with E-state index in [-0.39, 0.29) is 43.6 Å². The summed E-state index contributed by atoms with van der Waals surface area (Å²) >= 11 is 0. The number of morpholine rings is 1. The van der Waals surface area contributed by atoms with Crippen LogP contribution in [0.5, 0.6) is 0 Å². The number of amides is 1. The maximum absolute atomic E-state index is 13.1. The first-order chi connectivity index (χ1) is 15.2. The Morgan fingerprint density at radius 1 is 1.19 bits per heavy atom. The number of hydrogen-bond acceptors (Lipinski definition) is 4. The highest BCUT2D eigenvalue weighted by molar-refractivity contribution is 5.78. The first-order valence-electron chi connectivity index (χ1n) is 10.3. The number of hydrogen-bond donors (Lipinski definition) is 0. The number of aryl methyl sites for hydroxylation is 1. The molecule has 6 nitrogen and oxygen atoms in total. The Labute approximate surface area is 182 Å². The third-order valence-corrected chi connectivity index (χ3v) is 5.64. The molecule has 9 heteroatoms. The predicted octanol–water partition coefficient (Wildman–Crippen LogP) is 3.79. The van der Waals surface area contributed by atoms with Crippen LogP contribution >= 0.6 is 0 Å². The van der Waals surface area contributed by atoms with Crippen LogP contribution in [0.25, 0.3) is 10.9 Å². The van der Waals surface area contributed by atoms with E-state index in [0.717, 1.165) is 12.1 Å². The van der Waals surface area contributed by atoms with Crippen LogP contribution in [0.3, 0.4) is 0 Å².